The molecule has 2 aromatic rings. The van der Waals surface area contributed by atoms with Crippen LogP contribution in [0.1, 0.15) is 29.8 Å². The highest BCUT2D eigenvalue weighted by molar-refractivity contribution is 7.15. The quantitative estimate of drug-likeness (QED) is 0.306. The van der Waals surface area contributed by atoms with Crippen molar-refractivity contribution in [2.45, 2.75) is 26.1 Å². The van der Waals surface area contributed by atoms with Crippen LogP contribution in [0.5, 0.6) is 11.5 Å². The fourth-order valence-electron chi connectivity index (χ4n) is 2.60. The molecular weight excluding hydrogens is 414 g/mol. The highest BCUT2D eigenvalue weighted by atomic mass is 35.5. The van der Waals surface area contributed by atoms with Crippen molar-refractivity contribution in [3.05, 3.63) is 28.8 Å². The Morgan fingerprint density at radius 2 is 1.69 bits per heavy atom. The standard InChI is InChI=1S/C21H30ClNO5S/c1-5-27-19-14-17(21-23-20(15(2)22)16(3)29-21)6-7-18(19)28-13-12-26-11-10-25-9-8-24-4/h6-7,14-15H,5,8-13H2,1-4H3. The first-order valence-corrected chi connectivity index (χ1v) is 11.0. The van der Waals surface area contributed by atoms with Crippen LogP contribution in [0.4, 0.5) is 0 Å². The number of thiazole rings is 1. The molecule has 1 aromatic heterocycles. The molecule has 0 bridgehead atoms. The van der Waals surface area contributed by atoms with Crippen molar-refractivity contribution >= 4 is 22.9 Å². The molecule has 8 heteroatoms. The van der Waals surface area contributed by atoms with Gasteiger partial charge in [0.15, 0.2) is 11.5 Å². The zero-order valence-electron chi connectivity index (χ0n) is 17.5. The molecule has 0 aliphatic rings. The summed E-state index contributed by atoms with van der Waals surface area (Å²) >= 11 is 7.85. The SMILES string of the molecule is CCOc1cc(-c2nc(C(C)Cl)c(C)s2)ccc1OCCOCCOCCOC. The van der Waals surface area contributed by atoms with E-state index in [2.05, 4.69) is 4.98 Å². The minimum absolute atomic E-state index is 0.112. The molecule has 0 fully saturated rings. The zero-order valence-corrected chi connectivity index (χ0v) is 19.1. The number of rotatable bonds is 14. The number of methoxy groups -OCH3 is 1. The van der Waals surface area contributed by atoms with Crippen LogP contribution in [0.2, 0.25) is 0 Å². The second-order valence-corrected chi connectivity index (χ2v) is 8.09. The summed E-state index contributed by atoms with van der Waals surface area (Å²) in [5.74, 6) is 1.39. The van der Waals surface area contributed by atoms with Crippen LogP contribution in [0.3, 0.4) is 0 Å². The van der Waals surface area contributed by atoms with Crippen LogP contribution in [-0.2, 0) is 14.2 Å². The molecule has 1 heterocycles. The Hall–Kier alpha value is -1.38. The first-order valence-electron chi connectivity index (χ1n) is 9.72. The Labute approximate surface area is 182 Å². The van der Waals surface area contributed by atoms with Gasteiger partial charge in [0.1, 0.15) is 11.6 Å². The van der Waals surface area contributed by atoms with E-state index < -0.39 is 0 Å². The Morgan fingerprint density at radius 1 is 1.00 bits per heavy atom. The smallest absolute Gasteiger partial charge is 0.161 e. The van der Waals surface area contributed by atoms with Gasteiger partial charge in [-0.15, -0.1) is 22.9 Å². The topological polar surface area (TPSA) is 59.0 Å². The van der Waals surface area contributed by atoms with Gasteiger partial charge in [0.2, 0.25) is 0 Å². The molecule has 0 amide bonds. The lowest BCUT2D eigenvalue weighted by molar-refractivity contribution is 0.0178. The number of benzene rings is 1. The van der Waals surface area contributed by atoms with Crippen molar-refractivity contribution in [1.82, 2.24) is 4.98 Å². The Morgan fingerprint density at radius 3 is 2.31 bits per heavy atom. The summed E-state index contributed by atoms with van der Waals surface area (Å²) in [6.07, 6.45) is 0. The van der Waals surface area contributed by atoms with Crippen molar-refractivity contribution in [1.29, 1.82) is 0 Å². The summed E-state index contributed by atoms with van der Waals surface area (Å²) < 4.78 is 27.4. The number of hydrogen-bond donors (Lipinski definition) is 0. The van der Waals surface area contributed by atoms with Crippen LogP contribution in [0.15, 0.2) is 18.2 Å². The van der Waals surface area contributed by atoms with Gasteiger partial charge in [0.05, 0.1) is 50.7 Å². The molecule has 0 aliphatic heterocycles. The van der Waals surface area contributed by atoms with Crippen molar-refractivity contribution in [3.8, 4) is 22.1 Å². The normalized spacial score (nSPS) is 12.2. The maximum Gasteiger partial charge on any atom is 0.161 e. The van der Waals surface area contributed by atoms with Gasteiger partial charge < -0.3 is 23.7 Å². The highest BCUT2D eigenvalue weighted by Crippen LogP contribution is 2.37. The molecule has 1 unspecified atom stereocenters. The molecule has 0 saturated heterocycles. The summed E-state index contributed by atoms with van der Waals surface area (Å²) in [7, 11) is 1.65. The lowest BCUT2D eigenvalue weighted by atomic mass is 10.2. The van der Waals surface area contributed by atoms with Crippen LogP contribution >= 0.6 is 22.9 Å². The molecule has 0 radical (unpaired) electrons. The van der Waals surface area contributed by atoms with E-state index in [0.29, 0.717) is 57.7 Å². The first kappa shape index (κ1) is 23.9. The second kappa shape index (κ2) is 13.0. The Bertz CT molecular complexity index is 738. The van der Waals surface area contributed by atoms with E-state index in [4.69, 9.17) is 35.3 Å². The van der Waals surface area contributed by atoms with Gasteiger partial charge in [-0.25, -0.2) is 4.98 Å². The fourth-order valence-corrected chi connectivity index (χ4v) is 3.89. The number of aryl methyl sites for hydroxylation is 1. The van der Waals surface area contributed by atoms with Crippen molar-refractivity contribution in [2.24, 2.45) is 0 Å². The molecular formula is C21H30ClNO5S. The van der Waals surface area contributed by atoms with E-state index in [1.54, 1.807) is 18.4 Å². The second-order valence-electron chi connectivity index (χ2n) is 6.24. The van der Waals surface area contributed by atoms with Gasteiger partial charge in [0, 0.05) is 17.6 Å². The number of ether oxygens (including phenoxy) is 5. The molecule has 1 aromatic carbocycles. The van der Waals surface area contributed by atoms with Gasteiger partial charge in [0.25, 0.3) is 0 Å². The molecule has 0 saturated carbocycles. The number of aromatic nitrogens is 1. The minimum atomic E-state index is -0.112. The van der Waals surface area contributed by atoms with Gasteiger partial charge in [-0.2, -0.15) is 0 Å². The van der Waals surface area contributed by atoms with Crippen LogP contribution in [0, 0.1) is 6.92 Å². The Balaban J connectivity index is 1.90. The summed E-state index contributed by atoms with van der Waals surface area (Å²) in [6, 6.07) is 5.86. The lowest BCUT2D eigenvalue weighted by Gasteiger charge is -2.13. The third kappa shape index (κ3) is 7.75. The first-order chi connectivity index (χ1) is 14.1. The Kier molecular flexibility index (Phi) is 10.7. The van der Waals surface area contributed by atoms with Gasteiger partial charge >= 0.3 is 0 Å². The maximum atomic E-state index is 6.21. The predicted octanol–water partition coefficient (Wildman–Crippen LogP) is 4.88. The number of halogens is 1. The fraction of sp³-hybridized carbons (Fsp3) is 0.571. The lowest BCUT2D eigenvalue weighted by Crippen LogP contribution is -2.12. The van der Waals surface area contributed by atoms with Crippen LogP contribution in [-0.4, -0.2) is 58.3 Å². The average Bonchev–Trinajstić information content (AvgIpc) is 3.10. The van der Waals surface area contributed by atoms with E-state index in [1.807, 2.05) is 39.0 Å². The summed E-state index contributed by atoms with van der Waals surface area (Å²) in [4.78, 5) is 5.81. The molecule has 0 N–H and O–H groups in total. The molecule has 2 rings (SSSR count). The minimum Gasteiger partial charge on any atom is -0.490 e. The van der Waals surface area contributed by atoms with Crippen LogP contribution in [0.25, 0.3) is 10.6 Å². The number of hydrogen-bond acceptors (Lipinski definition) is 7. The largest absolute Gasteiger partial charge is 0.490 e. The molecule has 0 aliphatic carbocycles. The molecule has 6 nitrogen and oxygen atoms in total. The average molecular weight is 444 g/mol. The van der Waals surface area contributed by atoms with Crippen LogP contribution < -0.4 is 9.47 Å². The highest BCUT2D eigenvalue weighted by Gasteiger charge is 2.15. The van der Waals surface area contributed by atoms with E-state index in [9.17, 15) is 0 Å². The van der Waals surface area contributed by atoms with E-state index >= 15 is 0 Å². The van der Waals surface area contributed by atoms with Gasteiger partial charge in [-0.05, 0) is 39.0 Å². The molecule has 162 valence electrons. The third-order valence-electron chi connectivity index (χ3n) is 3.99. The molecule has 0 spiro atoms. The van der Waals surface area contributed by atoms with Crippen molar-refractivity contribution in [2.75, 3.05) is 53.4 Å². The van der Waals surface area contributed by atoms with E-state index in [1.165, 1.54) is 0 Å². The number of nitrogens with zero attached hydrogens (tertiary/aromatic N) is 1. The van der Waals surface area contributed by atoms with Crippen molar-refractivity contribution in [3.63, 3.8) is 0 Å². The maximum absolute atomic E-state index is 6.21. The molecule has 1 atom stereocenters. The van der Waals surface area contributed by atoms with Crippen molar-refractivity contribution < 1.29 is 23.7 Å². The molecule has 29 heavy (non-hydrogen) atoms. The predicted molar refractivity (Wildman–Crippen MR) is 117 cm³/mol. The third-order valence-corrected chi connectivity index (χ3v) is 5.23. The van der Waals surface area contributed by atoms with Gasteiger partial charge in [-0.3, -0.25) is 0 Å². The monoisotopic (exact) mass is 443 g/mol. The van der Waals surface area contributed by atoms with E-state index in [-0.39, 0.29) is 5.38 Å². The zero-order chi connectivity index (χ0) is 21.1. The summed E-state index contributed by atoms with van der Waals surface area (Å²) in [5, 5.41) is 0.814. The van der Waals surface area contributed by atoms with Gasteiger partial charge in [-0.1, -0.05) is 0 Å². The van der Waals surface area contributed by atoms with E-state index in [0.717, 1.165) is 21.1 Å². The summed E-state index contributed by atoms with van der Waals surface area (Å²) in [6.45, 7) is 9.61. The number of alkyl halides is 1. The summed E-state index contributed by atoms with van der Waals surface area (Å²) in [5.41, 5.74) is 1.91.